The van der Waals surface area contributed by atoms with E-state index in [2.05, 4.69) is 24.1 Å². The fraction of sp³-hybridized carbons (Fsp3) is 0.435. The molecule has 1 aromatic carbocycles. The third-order valence-electron chi connectivity index (χ3n) is 5.63. The summed E-state index contributed by atoms with van der Waals surface area (Å²) in [6, 6.07) is 9.21. The summed E-state index contributed by atoms with van der Waals surface area (Å²) in [6.07, 6.45) is 10.6. The van der Waals surface area contributed by atoms with Crippen molar-refractivity contribution in [2.75, 3.05) is 20.1 Å². The van der Waals surface area contributed by atoms with Crippen molar-refractivity contribution in [2.45, 2.75) is 44.9 Å². The maximum Gasteiger partial charge on any atom is 0.123 e. The number of halogens is 1. The van der Waals surface area contributed by atoms with Gasteiger partial charge in [-0.05, 0) is 79.6 Å². The minimum absolute atomic E-state index is 0.178. The molecule has 0 radical (unpaired) electrons. The van der Waals surface area contributed by atoms with Crippen molar-refractivity contribution in [1.29, 1.82) is 0 Å². The maximum absolute atomic E-state index is 13.4. The van der Waals surface area contributed by atoms with Crippen LogP contribution in [0.1, 0.15) is 49.1 Å². The van der Waals surface area contributed by atoms with Crippen LogP contribution in [0.4, 0.5) is 4.39 Å². The topological polar surface area (TPSA) is 16.1 Å². The first kappa shape index (κ1) is 17.4. The number of nitrogens with zero attached hydrogens (tertiary/aromatic N) is 2. The maximum atomic E-state index is 13.4. The fourth-order valence-corrected chi connectivity index (χ4v) is 4.19. The molecule has 0 spiro atoms. The van der Waals surface area contributed by atoms with E-state index in [0.29, 0.717) is 0 Å². The molecule has 0 saturated heterocycles. The number of benzene rings is 1. The van der Waals surface area contributed by atoms with Crippen LogP contribution in [-0.2, 0) is 12.8 Å². The number of fused-ring (bicyclic) bond motifs is 1. The summed E-state index contributed by atoms with van der Waals surface area (Å²) in [7, 11) is 2.17. The molecule has 2 nitrogen and oxygen atoms in total. The van der Waals surface area contributed by atoms with Gasteiger partial charge in [-0.3, -0.25) is 4.98 Å². The summed E-state index contributed by atoms with van der Waals surface area (Å²) < 4.78 is 13.4. The van der Waals surface area contributed by atoms with Gasteiger partial charge in [0, 0.05) is 18.8 Å². The fourth-order valence-electron chi connectivity index (χ4n) is 4.19. The Kier molecular flexibility index (Phi) is 5.16. The summed E-state index contributed by atoms with van der Waals surface area (Å²) in [6.45, 7) is 2.06. The summed E-state index contributed by atoms with van der Waals surface area (Å²) >= 11 is 0. The molecule has 1 aromatic heterocycles. The summed E-state index contributed by atoms with van der Waals surface area (Å²) in [5.74, 6) is -0.178. The molecular weight excluding hydrogens is 323 g/mol. The molecule has 1 aliphatic heterocycles. The van der Waals surface area contributed by atoms with Gasteiger partial charge in [-0.25, -0.2) is 4.39 Å². The Morgan fingerprint density at radius 3 is 2.54 bits per heavy atom. The molecule has 26 heavy (non-hydrogen) atoms. The number of hydrogen-bond acceptors (Lipinski definition) is 2. The predicted octanol–water partition coefficient (Wildman–Crippen LogP) is 5.27. The summed E-state index contributed by atoms with van der Waals surface area (Å²) in [4.78, 5) is 7.46. The Hall–Kier alpha value is -2.00. The number of aromatic nitrogens is 1. The van der Waals surface area contributed by atoms with Gasteiger partial charge in [0.05, 0.1) is 5.69 Å². The lowest BCUT2D eigenvalue weighted by Gasteiger charge is -2.25. The van der Waals surface area contributed by atoms with E-state index in [-0.39, 0.29) is 5.82 Å². The smallest absolute Gasteiger partial charge is 0.123 e. The lowest BCUT2D eigenvalue weighted by Crippen LogP contribution is -2.25. The largest absolute Gasteiger partial charge is 0.302 e. The van der Waals surface area contributed by atoms with E-state index in [1.54, 1.807) is 12.1 Å². The highest BCUT2D eigenvalue weighted by molar-refractivity contribution is 5.75. The molecule has 3 heteroatoms. The Balaban J connectivity index is 1.83. The SMILES string of the molecule is CN1CCC=C(c2cc(-c3ccc(F)cc3)c3c(n2)CCCCCC3)C1. The first-order chi connectivity index (χ1) is 12.7. The van der Waals surface area contributed by atoms with Crippen LogP contribution in [0.2, 0.25) is 0 Å². The molecule has 0 N–H and O–H groups in total. The molecule has 2 aliphatic rings. The van der Waals surface area contributed by atoms with Gasteiger partial charge in [-0.1, -0.05) is 31.1 Å². The molecule has 0 saturated carbocycles. The molecule has 4 rings (SSSR count). The van der Waals surface area contributed by atoms with Crippen molar-refractivity contribution in [2.24, 2.45) is 0 Å². The first-order valence-corrected chi connectivity index (χ1v) is 9.87. The number of hydrogen-bond donors (Lipinski definition) is 0. The quantitative estimate of drug-likeness (QED) is 0.734. The first-order valence-electron chi connectivity index (χ1n) is 9.87. The van der Waals surface area contributed by atoms with Gasteiger partial charge >= 0.3 is 0 Å². The van der Waals surface area contributed by atoms with Gasteiger partial charge < -0.3 is 4.90 Å². The van der Waals surface area contributed by atoms with Gasteiger partial charge in [0.25, 0.3) is 0 Å². The average molecular weight is 350 g/mol. The number of likely N-dealkylation sites (N-methyl/N-ethyl adjacent to an activating group) is 1. The van der Waals surface area contributed by atoms with Gasteiger partial charge in [-0.2, -0.15) is 0 Å². The highest BCUT2D eigenvalue weighted by atomic mass is 19.1. The zero-order valence-electron chi connectivity index (χ0n) is 15.6. The van der Waals surface area contributed by atoms with Crippen LogP contribution in [0.15, 0.2) is 36.4 Å². The number of pyridine rings is 1. The Labute approximate surface area is 155 Å². The van der Waals surface area contributed by atoms with Crippen LogP contribution in [0.5, 0.6) is 0 Å². The monoisotopic (exact) mass is 350 g/mol. The summed E-state index contributed by atoms with van der Waals surface area (Å²) in [5, 5.41) is 0. The molecule has 0 unspecified atom stereocenters. The Morgan fingerprint density at radius 1 is 1.00 bits per heavy atom. The second kappa shape index (κ2) is 7.71. The lowest BCUT2D eigenvalue weighted by atomic mass is 9.89. The van der Waals surface area contributed by atoms with Crippen molar-refractivity contribution < 1.29 is 4.39 Å². The molecule has 0 bridgehead atoms. The highest BCUT2D eigenvalue weighted by Gasteiger charge is 2.19. The zero-order valence-corrected chi connectivity index (χ0v) is 15.6. The Morgan fingerprint density at radius 2 is 1.77 bits per heavy atom. The normalized spacial score (nSPS) is 18.6. The second-order valence-electron chi connectivity index (χ2n) is 7.66. The standard InChI is InChI=1S/C23H27FN2/c1-26-14-6-7-18(16-26)23-15-21(17-10-12-19(24)13-11-17)20-8-4-2-3-5-9-22(20)25-23/h7,10-13,15H,2-6,8-9,14,16H2,1H3. The number of aryl methyl sites for hydroxylation is 1. The third kappa shape index (κ3) is 3.73. The summed E-state index contributed by atoms with van der Waals surface area (Å²) in [5.41, 5.74) is 7.43. The zero-order chi connectivity index (χ0) is 17.9. The minimum atomic E-state index is -0.178. The average Bonchev–Trinajstić information content (AvgIpc) is 2.62. The van der Waals surface area contributed by atoms with Crippen LogP contribution < -0.4 is 0 Å². The Bertz CT molecular complexity index is 808. The van der Waals surface area contributed by atoms with E-state index >= 15 is 0 Å². The lowest BCUT2D eigenvalue weighted by molar-refractivity contribution is 0.372. The van der Waals surface area contributed by atoms with Gasteiger partial charge in [0.1, 0.15) is 5.82 Å². The molecule has 2 heterocycles. The van der Waals surface area contributed by atoms with Crippen molar-refractivity contribution in [1.82, 2.24) is 9.88 Å². The van der Waals surface area contributed by atoms with Crippen molar-refractivity contribution in [3.8, 4) is 11.1 Å². The van der Waals surface area contributed by atoms with E-state index in [0.717, 1.165) is 43.6 Å². The van der Waals surface area contributed by atoms with Gasteiger partial charge in [0.2, 0.25) is 0 Å². The van der Waals surface area contributed by atoms with Crippen molar-refractivity contribution in [3.63, 3.8) is 0 Å². The molecule has 0 fully saturated rings. The van der Waals surface area contributed by atoms with Gasteiger partial charge in [-0.15, -0.1) is 0 Å². The minimum Gasteiger partial charge on any atom is -0.302 e. The number of rotatable bonds is 2. The van der Waals surface area contributed by atoms with Gasteiger partial charge in [0.15, 0.2) is 0 Å². The highest BCUT2D eigenvalue weighted by Crippen LogP contribution is 2.33. The van der Waals surface area contributed by atoms with Crippen LogP contribution in [0.25, 0.3) is 16.7 Å². The predicted molar refractivity (Wildman–Crippen MR) is 106 cm³/mol. The van der Waals surface area contributed by atoms with Crippen LogP contribution in [0.3, 0.4) is 0 Å². The van der Waals surface area contributed by atoms with Crippen LogP contribution >= 0.6 is 0 Å². The van der Waals surface area contributed by atoms with E-state index in [1.807, 2.05) is 12.1 Å². The van der Waals surface area contributed by atoms with E-state index in [4.69, 9.17) is 4.98 Å². The molecule has 0 amide bonds. The molecule has 1 aliphatic carbocycles. The van der Waals surface area contributed by atoms with Crippen LogP contribution in [0, 0.1) is 5.82 Å². The molecule has 2 aromatic rings. The van der Waals surface area contributed by atoms with E-state index in [1.165, 1.54) is 48.1 Å². The van der Waals surface area contributed by atoms with E-state index in [9.17, 15) is 4.39 Å². The van der Waals surface area contributed by atoms with Crippen LogP contribution in [-0.4, -0.2) is 30.0 Å². The molecule has 0 atom stereocenters. The molecular formula is C23H27FN2. The molecule has 136 valence electrons. The second-order valence-corrected chi connectivity index (χ2v) is 7.66. The van der Waals surface area contributed by atoms with Crippen molar-refractivity contribution in [3.05, 3.63) is 59.2 Å². The van der Waals surface area contributed by atoms with E-state index < -0.39 is 0 Å². The van der Waals surface area contributed by atoms with Crippen molar-refractivity contribution >= 4 is 5.57 Å². The third-order valence-corrected chi connectivity index (χ3v) is 5.63.